The van der Waals surface area contributed by atoms with Gasteiger partial charge >= 0.3 is 0 Å². The minimum absolute atomic E-state index is 0.568. The van der Waals surface area contributed by atoms with Crippen LogP contribution >= 0.6 is 0 Å². The van der Waals surface area contributed by atoms with Gasteiger partial charge in [-0.2, -0.15) is 0 Å². The lowest BCUT2D eigenvalue weighted by atomic mass is 9.85. The van der Waals surface area contributed by atoms with Crippen LogP contribution in [0.2, 0.25) is 0 Å². The van der Waals surface area contributed by atoms with Gasteiger partial charge in [0.2, 0.25) is 0 Å². The fraction of sp³-hybridized carbons (Fsp3) is 1.00. The molecule has 0 aliphatic heterocycles. The topological polar surface area (TPSA) is 15.3 Å². The third kappa shape index (κ3) is 4.59. The van der Waals surface area contributed by atoms with Crippen molar-refractivity contribution >= 4 is 0 Å². The summed E-state index contributed by atoms with van der Waals surface area (Å²) in [5.74, 6) is 0.836. The molecule has 1 fully saturated rings. The molecule has 0 spiro atoms. The molecule has 1 atom stereocenters. The van der Waals surface area contributed by atoms with Crippen molar-refractivity contribution in [2.75, 3.05) is 33.2 Å². The van der Waals surface area contributed by atoms with E-state index in [0.29, 0.717) is 5.41 Å². The molecule has 1 unspecified atom stereocenters. The number of nitrogens with one attached hydrogen (secondary N) is 1. The minimum Gasteiger partial charge on any atom is -0.319 e. The Labute approximate surface area is 108 Å². The van der Waals surface area contributed by atoms with Crippen molar-refractivity contribution in [3.63, 3.8) is 0 Å². The summed E-state index contributed by atoms with van der Waals surface area (Å²) in [7, 11) is 2.10. The van der Waals surface area contributed by atoms with E-state index < -0.39 is 0 Å². The van der Waals surface area contributed by atoms with Crippen molar-refractivity contribution < 1.29 is 0 Å². The van der Waals surface area contributed by atoms with E-state index in [1.807, 2.05) is 0 Å². The third-order valence-corrected chi connectivity index (χ3v) is 4.49. The number of hydrogen-bond acceptors (Lipinski definition) is 2. The zero-order valence-electron chi connectivity index (χ0n) is 12.4. The molecule has 0 heterocycles. The summed E-state index contributed by atoms with van der Waals surface area (Å²) in [6.07, 6.45) is 7.01. The molecule has 0 bridgehead atoms. The van der Waals surface area contributed by atoms with Crippen LogP contribution in [0.3, 0.4) is 0 Å². The fourth-order valence-electron chi connectivity index (χ4n) is 3.24. The van der Waals surface area contributed by atoms with Crippen molar-refractivity contribution in [3.8, 4) is 0 Å². The van der Waals surface area contributed by atoms with Gasteiger partial charge in [0.15, 0.2) is 0 Å². The number of nitrogens with zero attached hydrogens (tertiary/aromatic N) is 1. The van der Waals surface area contributed by atoms with Gasteiger partial charge in [0.05, 0.1) is 0 Å². The first-order valence-corrected chi connectivity index (χ1v) is 7.52. The van der Waals surface area contributed by atoms with Crippen LogP contribution in [-0.4, -0.2) is 38.1 Å². The first-order chi connectivity index (χ1) is 8.15. The monoisotopic (exact) mass is 240 g/mol. The molecule has 0 amide bonds. The van der Waals surface area contributed by atoms with Gasteiger partial charge in [-0.15, -0.1) is 0 Å². The van der Waals surface area contributed by atoms with Crippen molar-refractivity contribution in [3.05, 3.63) is 0 Å². The van der Waals surface area contributed by atoms with Crippen molar-refractivity contribution in [1.82, 2.24) is 10.2 Å². The van der Waals surface area contributed by atoms with Gasteiger partial charge in [-0.1, -0.05) is 40.0 Å². The van der Waals surface area contributed by atoms with Gasteiger partial charge < -0.3 is 10.2 Å². The molecule has 0 aromatic carbocycles. The Bertz CT molecular complexity index is 197. The second-order valence-electron chi connectivity index (χ2n) is 6.08. The van der Waals surface area contributed by atoms with E-state index in [1.54, 1.807) is 0 Å². The Balaban J connectivity index is 2.51. The van der Waals surface area contributed by atoms with Crippen LogP contribution in [0.15, 0.2) is 0 Å². The highest BCUT2D eigenvalue weighted by Crippen LogP contribution is 2.38. The molecular formula is C15H32N2. The number of rotatable bonds is 8. The molecular weight excluding hydrogens is 208 g/mol. The second kappa shape index (κ2) is 7.38. The molecule has 0 radical (unpaired) electrons. The first-order valence-electron chi connectivity index (χ1n) is 7.52. The largest absolute Gasteiger partial charge is 0.319 e. The average Bonchev–Trinajstić information content (AvgIpc) is 2.77. The average molecular weight is 240 g/mol. The molecule has 1 N–H and O–H groups in total. The Morgan fingerprint density at radius 2 is 1.88 bits per heavy atom. The lowest BCUT2D eigenvalue weighted by Gasteiger charge is -2.36. The Kier molecular flexibility index (Phi) is 6.50. The zero-order valence-corrected chi connectivity index (χ0v) is 12.4. The van der Waals surface area contributed by atoms with Crippen LogP contribution < -0.4 is 5.32 Å². The summed E-state index contributed by atoms with van der Waals surface area (Å²) in [5.41, 5.74) is 0.568. The molecule has 102 valence electrons. The van der Waals surface area contributed by atoms with Gasteiger partial charge in [0.25, 0.3) is 0 Å². The van der Waals surface area contributed by atoms with Gasteiger partial charge in [-0.3, -0.25) is 0 Å². The molecule has 1 aliphatic carbocycles. The second-order valence-corrected chi connectivity index (χ2v) is 6.08. The van der Waals surface area contributed by atoms with Crippen LogP contribution in [0.25, 0.3) is 0 Å². The van der Waals surface area contributed by atoms with E-state index in [-0.39, 0.29) is 0 Å². The highest BCUT2D eigenvalue weighted by Gasteiger charge is 2.34. The van der Waals surface area contributed by atoms with E-state index >= 15 is 0 Å². The quantitative estimate of drug-likeness (QED) is 0.701. The lowest BCUT2D eigenvalue weighted by Crippen LogP contribution is -2.43. The first kappa shape index (κ1) is 15.0. The van der Waals surface area contributed by atoms with E-state index in [1.165, 1.54) is 58.3 Å². The van der Waals surface area contributed by atoms with E-state index in [0.717, 1.165) is 5.92 Å². The standard InChI is InChI=1S/C15H32N2/c1-5-14(3)11-17(6-2)13-15(12-16-4)9-7-8-10-15/h14,16H,5-13H2,1-4H3. The molecule has 0 aromatic rings. The molecule has 2 nitrogen and oxygen atoms in total. The summed E-state index contributed by atoms with van der Waals surface area (Å²) in [6.45, 7) is 12.0. The summed E-state index contributed by atoms with van der Waals surface area (Å²) >= 11 is 0. The molecule has 1 aliphatic rings. The highest BCUT2D eigenvalue weighted by atomic mass is 15.1. The number of hydrogen-bond donors (Lipinski definition) is 1. The molecule has 1 saturated carbocycles. The molecule has 0 saturated heterocycles. The molecule has 2 heteroatoms. The molecule has 17 heavy (non-hydrogen) atoms. The summed E-state index contributed by atoms with van der Waals surface area (Å²) in [5, 5.41) is 3.42. The zero-order chi connectivity index (χ0) is 12.7. The van der Waals surface area contributed by atoms with Crippen LogP contribution in [0.1, 0.15) is 52.9 Å². The van der Waals surface area contributed by atoms with Crippen molar-refractivity contribution in [1.29, 1.82) is 0 Å². The van der Waals surface area contributed by atoms with Crippen LogP contribution in [-0.2, 0) is 0 Å². The van der Waals surface area contributed by atoms with Gasteiger partial charge in [0, 0.05) is 19.6 Å². The minimum atomic E-state index is 0.568. The maximum atomic E-state index is 3.42. The summed E-state index contributed by atoms with van der Waals surface area (Å²) < 4.78 is 0. The predicted octanol–water partition coefficient (Wildman–Crippen LogP) is 3.13. The Morgan fingerprint density at radius 3 is 2.35 bits per heavy atom. The smallest absolute Gasteiger partial charge is 0.00501 e. The maximum absolute atomic E-state index is 3.42. The van der Waals surface area contributed by atoms with Crippen LogP contribution in [0, 0.1) is 11.3 Å². The van der Waals surface area contributed by atoms with E-state index in [2.05, 4.69) is 38.0 Å². The van der Waals surface area contributed by atoms with Crippen molar-refractivity contribution in [2.24, 2.45) is 11.3 Å². The molecule has 1 rings (SSSR count). The van der Waals surface area contributed by atoms with Crippen molar-refractivity contribution in [2.45, 2.75) is 52.9 Å². The fourth-order valence-corrected chi connectivity index (χ4v) is 3.24. The van der Waals surface area contributed by atoms with E-state index in [4.69, 9.17) is 0 Å². The highest BCUT2D eigenvalue weighted by molar-refractivity contribution is 4.89. The maximum Gasteiger partial charge on any atom is 0.00501 e. The van der Waals surface area contributed by atoms with Crippen LogP contribution in [0.5, 0.6) is 0 Å². The summed E-state index contributed by atoms with van der Waals surface area (Å²) in [6, 6.07) is 0. The summed E-state index contributed by atoms with van der Waals surface area (Å²) in [4.78, 5) is 2.68. The van der Waals surface area contributed by atoms with E-state index in [9.17, 15) is 0 Å². The van der Waals surface area contributed by atoms with Gasteiger partial charge in [-0.25, -0.2) is 0 Å². The third-order valence-electron chi connectivity index (χ3n) is 4.49. The Morgan fingerprint density at radius 1 is 1.24 bits per heavy atom. The van der Waals surface area contributed by atoms with Gasteiger partial charge in [-0.05, 0) is 37.8 Å². The SMILES string of the molecule is CCC(C)CN(CC)CC1(CNC)CCCC1. The Hall–Kier alpha value is -0.0800. The van der Waals surface area contributed by atoms with Gasteiger partial charge in [0.1, 0.15) is 0 Å². The normalized spacial score (nSPS) is 21.0. The van der Waals surface area contributed by atoms with Crippen LogP contribution in [0.4, 0.5) is 0 Å². The predicted molar refractivity (Wildman–Crippen MR) is 76.4 cm³/mol. The molecule has 0 aromatic heterocycles. The lowest BCUT2D eigenvalue weighted by molar-refractivity contribution is 0.140.